The topological polar surface area (TPSA) is 55.6 Å². The van der Waals surface area contributed by atoms with E-state index in [1.807, 2.05) is 42.9 Å². The summed E-state index contributed by atoms with van der Waals surface area (Å²) in [6.07, 6.45) is 5.38. The van der Waals surface area contributed by atoms with Crippen molar-refractivity contribution in [1.29, 1.82) is 0 Å². The van der Waals surface area contributed by atoms with E-state index >= 15 is 0 Å². The Morgan fingerprint density at radius 2 is 1.84 bits per heavy atom. The standard InChI is InChI=1S/C19H16FN5/c1-12-11-13(20)3-4-15(12)17-23-18(22-14-5-8-21-9-6-14)16-7-10-25(2)19(16)24-17/h3-11H,1-2H3,(H,21,22,23,24). The van der Waals surface area contributed by atoms with E-state index in [0.29, 0.717) is 11.6 Å². The normalized spacial score (nSPS) is 11.0. The summed E-state index contributed by atoms with van der Waals surface area (Å²) >= 11 is 0. The lowest BCUT2D eigenvalue weighted by molar-refractivity contribution is 0.627. The van der Waals surface area contributed by atoms with E-state index < -0.39 is 0 Å². The van der Waals surface area contributed by atoms with Crippen LogP contribution in [0.3, 0.4) is 0 Å². The van der Waals surface area contributed by atoms with Gasteiger partial charge in [0.15, 0.2) is 5.82 Å². The van der Waals surface area contributed by atoms with Crippen molar-refractivity contribution in [3.05, 3.63) is 66.4 Å². The van der Waals surface area contributed by atoms with Gasteiger partial charge in [-0.1, -0.05) is 0 Å². The number of halogens is 1. The largest absolute Gasteiger partial charge is 0.339 e. The lowest BCUT2D eigenvalue weighted by Gasteiger charge is -2.11. The molecule has 0 aliphatic rings. The van der Waals surface area contributed by atoms with E-state index in [-0.39, 0.29) is 5.82 Å². The van der Waals surface area contributed by atoms with Crippen LogP contribution < -0.4 is 5.32 Å². The van der Waals surface area contributed by atoms with E-state index in [4.69, 9.17) is 4.98 Å². The third kappa shape index (κ3) is 2.82. The smallest absolute Gasteiger partial charge is 0.164 e. The summed E-state index contributed by atoms with van der Waals surface area (Å²) in [6, 6.07) is 10.4. The number of aromatic nitrogens is 4. The van der Waals surface area contributed by atoms with Crippen molar-refractivity contribution in [3.63, 3.8) is 0 Å². The molecule has 0 radical (unpaired) electrons. The summed E-state index contributed by atoms with van der Waals surface area (Å²) < 4.78 is 15.4. The van der Waals surface area contributed by atoms with Gasteiger partial charge in [-0.3, -0.25) is 4.98 Å². The number of nitrogens with one attached hydrogen (secondary N) is 1. The fraction of sp³-hybridized carbons (Fsp3) is 0.105. The fourth-order valence-electron chi connectivity index (χ4n) is 2.80. The summed E-state index contributed by atoms with van der Waals surface area (Å²) in [7, 11) is 1.94. The molecule has 6 heteroatoms. The molecule has 1 N–H and O–H groups in total. The van der Waals surface area contributed by atoms with Crippen LogP contribution in [-0.2, 0) is 7.05 Å². The zero-order valence-corrected chi connectivity index (χ0v) is 13.9. The van der Waals surface area contributed by atoms with Gasteiger partial charge in [-0.2, -0.15) is 0 Å². The van der Waals surface area contributed by atoms with Gasteiger partial charge in [0.1, 0.15) is 17.3 Å². The predicted octanol–water partition coefficient (Wildman–Crippen LogP) is 4.22. The Labute approximate surface area is 144 Å². The number of nitrogens with zero attached hydrogens (tertiary/aromatic N) is 4. The Morgan fingerprint density at radius 3 is 2.60 bits per heavy atom. The molecule has 124 valence electrons. The second-order valence-corrected chi connectivity index (χ2v) is 5.88. The van der Waals surface area contributed by atoms with Crippen LogP contribution in [0.4, 0.5) is 15.9 Å². The number of benzene rings is 1. The van der Waals surface area contributed by atoms with Crippen LogP contribution in [0, 0.1) is 12.7 Å². The fourth-order valence-corrected chi connectivity index (χ4v) is 2.80. The average molecular weight is 333 g/mol. The number of rotatable bonds is 3. The van der Waals surface area contributed by atoms with Crippen LogP contribution in [0.15, 0.2) is 55.0 Å². The molecule has 1 aromatic carbocycles. The summed E-state index contributed by atoms with van der Waals surface area (Å²) in [5, 5.41) is 4.24. The van der Waals surface area contributed by atoms with E-state index in [0.717, 1.165) is 27.8 Å². The molecule has 3 aromatic heterocycles. The number of hydrogen-bond donors (Lipinski definition) is 1. The Balaban J connectivity index is 1.90. The SMILES string of the molecule is Cc1cc(F)ccc1-c1nc(Nc2ccncc2)c2ccn(C)c2n1. The maximum absolute atomic E-state index is 13.4. The van der Waals surface area contributed by atoms with Crippen molar-refractivity contribution in [2.75, 3.05) is 5.32 Å². The van der Waals surface area contributed by atoms with E-state index in [1.54, 1.807) is 18.5 Å². The number of pyridine rings is 1. The van der Waals surface area contributed by atoms with Gasteiger partial charge in [0.05, 0.1) is 5.39 Å². The van der Waals surface area contributed by atoms with Crippen LogP contribution in [-0.4, -0.2) is 19.5 Å². The number of hydrogen-bond acceptors (Lipinski definition) is 4. The minimum atomic E-state index is -0.267. The predicted molar refractivity (Wildman–Crippen MR) is 96.2 cm³/mol. The summed E-state index contributed by atoms with van der Waals surface area (Å²) in [4.78, 5) is 13.4. The maximum Gasteiger partial charge on any atom is 0.164 e. The van der Waals surface area contributed by atoms with Crippen molar-refractivity contribution in [3.8, 4) is 11.4 Å². The van der Waals surface area contributed by atoms with Gasteiger partial charge in [0.2, 0.25) is 0 Å². The average Bonchev–Trinajstić information content (AvgIpc) is 2.97. The highest BCUT2D eigenvalue weighted by Crippen LogP contribution is 2.29. The van der Waals surface area contributed by atoms with Crippen LogP contribution in [0.5, 0.6) is 0 Å². The molecular formula is C19H16FN5. The van der Waals surface area contributed by atoms with Gasteiger partial charge in [-0.05, 0) is 48.9 Å². The Bertz CT molecular complexity index is 1060. The molecule has 0 saturated heterocycles. The molecule has 0 bridgehead atoms. The van der Waals surface area contributed by atoms with Gasteiger partial charge >= 0.3 is 0 Å². The first-order valence-corrected chi connectivity index (χ1v) is 7.88. The third-order valence-electron chi connectivity index (χ3n) is 4.10. The first kappa shape index (κ1) is 15.3. The molecule has 0 atom stereocenters. The molecule has 0 spiro atoms. The minimum Gasteiger partial charge on any atom is -0.339 e. The van der Waals surface area contributed by atoms with Gasteiger partial charge in [0.25, 0.3) is 0 Å². The number of anilines is 2. The number of aryl methyl sites for hydroxylation is 2. The van der Waals surface area contributed by atoms with Gasteiger partial charge < -0.3 is 9.88 Å². The van der Waals surface area contributed by atoms with E-state index in [9.17, 15) is 4.39 Å². The van der Waals surface area contributed by atoms with Crippen LogP contribution in [0.1, 0.15) is 5.56 Å². The van der Waals surface area contributed by atoms with Crippen molar-refractivity contribution < 1.29 is 4.39 Å². The minimum absolute atomic E-state index is 0.267. The molecule has 5 nitrogen and oxygen atoms in total. The zero-order chi connectivity index (χ0) is 17.4. The third-order valence-corrected chi connectivity index (χ3v) is 4.10. The number of fused-ring (bicyclic) bond motifs is 1. The molecule has 4 aromatic rings. The molecule has 0 aliphatic carbocycles. The molecule has 3 heterocycles. The monoisotopic (exact) mass is 333 g/mol. The van der Waals surface area contributed by atoms with Crippen LogP contribution >= 0.6 is 0 Å². The Kier molecular flexibility index (Phi) is 3.65. The zero-order valence-electron chi connectivity index (χ0n) is 13.9. The molecule has 0 aliphatic heterocycles. The molecule has 25 heavy (non-hydrogen) atoms. The van der Waals surface area contributed by atoms with Crippen molar-refractivity contribution in [2.24, 2.45) is 7.05 Å². The van der Waals surface area contributed by atoms with Crippen LogP contribution in [0.2, 0.25) is 0 Å². The highest BCUT2D eigenvalue weighted by atomic mass is 19.1. The van der Waals surface area contributed by atoms with Crippen molar-refractivity contribution in [1.82, 2.24) is 19.5 Å². The maximum atomic E-state index is 13.4. The summed E-state index contributed by atoms with van der Waals surface area (Å²) in [6.45, 7) is 1.85. The highest BCUT2D eigenvalue weighted by molar-refractivity contribution is 5.91. The summed E-state index contributed by atoms with van der Waals surface area (Å²) in [5.74, 6) is 0.996. The second-order valence-electron chi connectivity index (χ2n) is 5.88. The summed E-state index contributed by atoms with van der Waals surface area (Å²) in [5.41, 5.74) is 3.30. The van der Waals surface area contributed by atoms with Gasteiger partial charge in [0, 0.05) is 36.9 Å². The van der Waals surface area contributed by atoms with E-state index in [1.165, 1.54) is 12.1 Å². The van der Waals surface area contributed by atoms with Crippen LogP contribution in [0.25, 0.3) is 22.4 Å². The van der Waals surface area contributed by atoms with Gasteiger partial charge in [-0.15, -0.1) is 0 Å². The van der Waals surface area contributed by atoms with Gasteiger partial charge in [-0.25, -0.2) is 14.4 Å². The lowest BCUT2D eigenvalue weighted by Crippen LogP contribution is -2.01. The lowest BCUT2D eigenvalue weighted by atomic mass is 10.1. The van der Waals surface area contributed by atoms with E-state index in [2.05, 4.69) is 15.3 Å². The second kappa shape index (κ2) is 5.98. The first-order valence-electron chi connectivity index (χ1n) is 7.88. The molecule has 0 unspecified atom stereocenters. The molecule has 0 fully saturated rings. The quantitative estimate of drug-likeness (QED) is 0.610. The first-order chi connectivity index (χ1) is 12.1. The highest BCUT2D eigenvalue weighted by Gasteiger charge is 2.14. The Hall–Kier alpha value is -3.28. The van der Waals surface area contributed by atoms with Crippen molar-refractivity contribution >= 4 is 22.5 Å². The molecule has 0 saturated carbocycles. The van der Waals surface area contributed by atoms with Crippen molar-refractivity contribution in [2.45, 2.75) is 6.92 Å². The molecule has 4 rings (SSSR count). The molecular weight excluding hydrogens is 317 g/mol. The Morgan fingerprint density at radius 1 is 1.04 bits per heavy atom. The molecule has 0 amide bonds.